The molecule has 1 aromatic carbocycles. The third kappa shape index (κ3) is 3.61. The molecule has 0 spiro atoms. The van der Waals surface area contributed by atoms with Crippen LogP contribution < -0.4 is 5.32 Å². The van der Waals surface area contributed by atoms with Crippen LogP contribution in [-0.2, 0) is 6.18 Å². The first-order valence-corrected chi connectivity index (χ1v) is 7.66. The van der Waals surface area contributed by atoms with Crippen LogP contribution in [0.15, 0.2) is 61.7 Å². The third-order valence-corrected chi connectivity index (χ3v) is 3.53. The summed E-state index contributed by atoms with van der Waals surface area (Å²) in [5, 5.41) is 2.79. The molecule has 0 radical (unpaired) electrons. The van der Waals surface area contributed by atoms with Gasteiger partial charge in [-0.2, -0.15) is 28.1 Å². The van der Waals surface area contributed by atoms with E-state index in [1.54, 1.807) is 33.9 Å². The molecular formula is C16H11F3N8. The Kier molecular flexibility index (Phi) is 4.03. The molecule has 11 heteroatoms. The van der Waals surface area contributed by atoms with E-state index in [0.717, 1.165) is 12.1 Å². The number of hydrogen-bond acceptors (Lipinski definition) is 6. The minimum atomic E-state index is -4.44. The lowest BCUT2D eigenvalue weighted by Crippen LogP contribution is -2.10. The largest absolute Gasteiger partial charge is 0.416 e. The van der Waals surface area contributed by atoms with Gasteiger partial charge in [-0.25, -0.2) is 9.97 Å². The standard InChI is InChI=1S/C16H11F3N8/c17-16(18,19)11-2-1-3-12(8-11)22-13-23-14(26-6-4-20-9-26)25-15(24-13)27-7-5-21-10-27/h1-10H,(H,22,23,24,25). The maximum atomic E-state index is 12.9. The zero-order valence-corrected chi connectivity index (χ0v) is 13.5. The minimum Gasteiger partial charge on any atom is -0.324 e. The van der Waals surface area contributed by atoms with Gasteiger partial charge in [-0.05, 0) is 18.2 Å². The molecular weight excluding hydrogens is 361 g/mol. The molecule has 0 saturated heterocycles. The van der Waals surface area contributed by atoms with Gasteiger partial charge in [0.2, 0.25) is 17.8 Å². The Labute approximate surface area is 150 Å². The molecule has 0 amide bonds. The fourth-order valence-corrected chi connectivity index (χ4v) is 2.30. The Bertz CT molecular complexity index is 989. The first-order chi connectivity index (χ1) is 13.0. The lowest BCUT2D eigenvalue weighted by atomic mass is 10.2. The summed E-state index contributed by atoms with van der Waals surface area (Å²) in [5.74, 6) is 0.582. The van der Waals surface area contributed by atoms with Gasteiger partial charge in [0.15, 0.2) is 0 Å². The van der Waals surface area contributed by atoms with E-state index in [2.05, 4.69) is 30.2 Å². The fraction of sp³-hybridized carbons (Fsp3) is 0.0625. The summed E-state index contributed by atoms with van der Waals surface area (Å²) in [6.07, 6.45) is 4.95. The van der Waals surface area contributed by atoms with Gasteiger partial charge in [-0.3, -0.25) is 9.13 Å². The lowest BCUT2D eigenvalue weighted by Gasteiger charge is -2.11. The van der Waals surface area contributed by atoms with Crippen molar-refractivity contribution in [3.63, 3.8) is 0 Å². The van der Waals surface area contributed by atoms with Crippen molar-refractivity contribution in [2.45, 2.75) is 6.18 Å². The average molecular weight is 372 g/mol. The number of halogens is 3. The first-order valence-electron chi connectivity index (χ1n) is 7.66. The van der Waals surface area contributed by atoms with Crippen molar-refractivity contribution in [2.24, 2.45) is 0 Å². The van der Waals surface area contributed by atoms with E-state index in [9.17, 15) is 13.2 Å². The van der Waals surface area contributed by atoms with Gasteiger partial charge < -0.3 is 5.32 Å². The summed E-state index contributed by atoms with van der Waals surface area (Å²) in [6.45, 7) is 0. The van der Waals surface area contributed by atoms with Gasteiger partial charge >= 0.3 is 6.18 Å². The topological polar surface area (TPSA) is 86.3 Å². The van der Waals surface area contributed by atoms with Crippen LogP contribution >= 0.6 is 0 Å². The number of benzene rings is 1. The minimum absolute atomic E-state index is 0.0803. The van der Waals surface area contributed by atoms with Crippen LogP contribution in [0, 0.1) is 0 Å². The highest BCUT2D eigenvalue weighted by atomic mass is 19.4. The summed E-state index contributed by atoms with van der Waals surface area (Å²) in [5.41, 5.74) is -0.574. The molecule has 0 saturated carbocycles. The molecule has 0 atom stereocenters. The smallest absolute Gasteiger partial charge is 0.324 e. The zero-order chi connectivity index (χ0) is 18.9. The van der Waals surface area contributed by atoms with Crippen molar-refractivity contribution >= 4 is 11.6 Å². The number of nitrogens with zero attached hydrogens (tertiary/aromatic N) is 7. The number of hydrogen-bond donors (Lipinski definition) is 1. The SMILES string of the molecule is FC(F)(F)c1cccc(Nc2nc(-n3ccnc3)nc(-n3ccnc3)n2)c1. The fourth-order valence-electron chi connectivity index (χ4n) is 2.30. The van der Waals surface area contributed by atoms with Crippen LogP contribution in [0.2, 0.25) is 0 Å². The van der Waals surface area contributed by atoms with Gasteiger partial charge in [0.05, 0.1) is 5.56 Å². The highest BCUT2D eigenvalue weighted by molar-refractivity contribution is 5.55. The van der Waals surface area contributed by atoms with E-state index in [1.807, 2.05) is 0 Å². The maximum Gasteiger partial charge on any atom is 0.416 e. The lowest BCUT2D eigenvalue weighted by molar-refractivity contribution is -0.137. The third-order valence-electron chi connectivity index (χ3n) is 3.53. The number of alkyl halides is 3. The normalized spacial score (nSPS) is 11.5. The number of rotatable bonds is 4. The molecule has 8 nitrogen and oxygen atoms in total. The second kappa shape index (κ2) is 6.52. The molecule has 0 unspecified atom stereocenters. The molecule has 0 aliphatic rings. The Hall–Kier alpha value is -3.76. The van der Waals surface area contributed by atoms with Crippen molar-refractivity contribution in [3.05, 3.63) is 67.3 Å². The monoisotopic (exact) mass is 372 g/mol. The van der Waals surface area contributed by atoms with Crippen LogP contribution in [0.1, 0.15) is 5.56 Å². The Morgan fingerprint density at radius 1 is 0.852 bits per heavy atom. The molecule has 3 aromatic heterocycles. The van der Waals surface area contributed by atoms with Gasteiger partial charge in [-0.1, -0.05) is 6.07 Å². The first kappa shape index (κ1) is 16.7. The summed E-state index contributed by atoms with van der Waals surface area (Å²) in [4.78, 5) is 20.7. The Balaban J connectivity index is 1.74. The van der Waals surface area contributed by atoms with E-state index in [-0.39, 0.29) is 23.5 Å². The molecule has 136 valence electrons. The summed E-state index contributed by atoms with van der Waals surface area (Å²) < 4.78 is 41.9. The van der Waals surface area contributed by atoms with Gasteiger partial charge in [-0.15, -0.1) is 0 Å². The highest BCUT2D eigenvalue weighted by Crippen LogP contribution is 2.31. The molecule has 0 aliphatic heterocycles. The van der Waals surface area contributed by atoms with Crippen LogP contribution in [0.25, 0.3) is 11.9 Å². The highest BCUT2D eigenvalue weighted by Gasteiger charge is 2.30. The van der Waals surface area contributed by atoms with Crippen molar-refractivity contribution < 1.29 is 13.2 Å². The average Bonchev–Trinajstić information content (AvgIpc) is 3.35. The zero-order valence-electron chi connectivity index (χ0n) is 13.5. The molecule has 4 rings (SSSR count). The molecule has 0 fully saturated rings. The van der Waals surface area contributed by atoms with Crippen LogP contribution in [0.4, 0.5) is 24.8 Å². The van der Waals surface area contributed by atoms with Crippen LogP contribution in [0.5, 0.6) is 0 Å². The molecule has 4 aromatic rings. The Morgan fingerprint density at radius 3 is 2.00 bits per heavy atom. The van der Waals surface area contributed by atoms with E-state index in [4.69, 9.17) is 0 Å². The molecule has 27 heavy (non-hydrogen) atoms. The maximum absolute atomic E-state index is 12.9. The summed E-state index contributed by atoms with van der Waals surface area (Å²) >= 11 is 0. The second-order valence-electron chi connectivity index (χ2n) is 5.40. The van der Waals surface area contributed by atoms with Crippen molar-refractivity contribution in [2.75, 3.05) is 5.32 Å². The van der Waals surface area contributed by atoms with Crippen LogP contribution in [0.3, 0.4) is 0 Å². The number of anilines is 2. The number of nitrogens with one attached hydrogen (secondary N) is 1. The van der Waals surface area contributed by atoms with Crippen LogP contribution in [-0.4, -0.2) is 34.1 Å². The quantitative estimate of drug-likeness (QED) is 0.593. The molecule has 1 N–H and O–H groups in total. The van der Waals surface area contributed by atoms with E-state index in [0.29, 0.717) is 0 Å². The number of imidazole rings is 2. The van der Waals surface area contributed by atoms with Gasteiger partial charge in [0.1, 0.15) is 12.7 Å². The molecule has 0 aliphatic carbocycles. The van der Waals surface area contributed by atoms with Gasteiger partial charge in [0, 0.05) is 30.5 Å². The molecule has 0 bridgehead atoms. The predicted molar refractivity (Wildman–Crippen MR) is 88.8 cm³/mol. The van der Waals surface area contributed by atoms with Crippen molar-refractivity contribution in [3.8, 4) is 11.9 Å². The number of aromatic nitrogens is 7. The van der Waals surface area contributed by atoms with Crippen molar-refractivity contribution in [1.82, 2.24) is 34.1 Å². The summed E-state index contributed by atoms with van der Waals surface area (Å²) in [6, 6.07) is 4.77. The van der Waals surface area contributed by atoms with E-state index >= 15 is 0 Å². The second-order valence-corrected chi connectivity index (χ2v) is 5.40. The predicted octanol–water partition coefficient (Wildman–Crippen LogP) is 3.01. The van der Waals surface area contributed by atoms with Gasteiger partial charge in [0.25, 0.3) is 0 Å². The molecule has 3 heterocycles. The Morgan fingerprint density at radius 2 is 1.48 bits per heavy atom. The van der Waals surface area contributed by atoms with E-state index < -0.39 is 11.7 Å². The van der Waals surface area contributed by atoms with Crippen molar-refractivity contribution in [1.29, 1.82) is 0 Å². The summed E-state index contributed by atoms with van der Waals surface area (Å²) in [7, 11) is 0. The van der Waals surface area contributed by atoms with E-state index in [1.165, 1.54) is 24.8 Å².